The van der Waals surface area contributed by atoms with Gasteiger partial charge in [0.25, 0.3) is 15.7 Å². The number of nitrogens with zero attached hydrogens (tertiary/aromatic N) is 1. The van der Waals surface area contributed by atoms with Gasteiger partial charge in [0.05, 0.1) is 4.90 Å². The fourth-order valence-electron chi connectivity index (χ4n) is 2.51. The molecular formula is C15H12F3NO3S2. The maximum Gasteiger partial charge on any atom is 0.501 e. The lowest BCUT2D eigenvalue weighted by molar-refractivity contribution is -0.0436. The topological polar surface area (TPSA) is 54.5 Å². The lowest BCUT2D eigenvalue weighted by atomic mass is 10.1. The Labute approximate surface area is 140 Å². The lowest BCUT2D eigenvalue weighted by Crippen LogP contribution is -2.35. The molecule has 1 aromatic carbocycles. The van der Waals surface area contributed by atoms with E-state index in [-0.39, 0.29) is 11.5 Å². The van der Waals surface area contributed by atoms with E-state index in [9.17, 15) is 26.4 Å². The van der Waals surface area contributed by atoms with Gasteiger partial charge in [-0.05, 0) is 47.7 Å². The van der Waals surface area contributed by atoms with Gasteiger partial charge in [0.15, 0.2) is 0 Å². The summed E-state index contributed by atoms with van der Waals surface area (Å²) in [4.78, 5) is 14.4. The van der Waals surface area contributed by atoms with Crippen LogP contribution in [-0.4, -0.2) is 31.3 Å². The molecule has 24 heavy (non-hydrogen) atoms. The van der Waals surface area contributed by atoms with Crippen LogP contribution < -0.4 is 0 Å². The highest BCUT2D eigenvalue weighted by molar-refractivity contribution is 7.92. The second kappa shape index (κ2) is 5.89. The van der Waals surface area contributed by atoms with Gasteiger partial charge in [-0.1, -0.05) is 0 Å². The van der Waals surface area contributed by atoms with Gasteiger partial charge >= 0.3 is 5.51 Å². The van der Waals surface area contributed by atoms with E-state index in [0.29, 0.717) is 13.1 Å². The maximum absolute atomic E-state index is 12.5. The van der Waals surface area contributed by atoms with E-state index in [4.69, 9.17) is 0 Å². The number of hydrogen-bond acceptors (Lipinski definition) is 4. The smallest absolute Gasteiger partial charge is 0.334 e. The monoisotopic (exact) mass is 375 g/mol. The van der Waals surface area contributed by atoms with Crippen LogP contribution in [0, 0.1) is 0 Å². The van der Waals surface area contributed by atoms with Gasteiger partial charge in [-0.15, -0.1) is 11.3 Å². The maximum atomic E-state index is 12.5. The molecule has 128 valence electrons. The zero-order chi connectivity index (χ0) is 17.5. The molecule has 0 radical (unpaired) electrons. The Morgan fingerprint density at radius 3 is 2.42 bits per heavy atom. The SMILES string of the molecule is O=C(c1ccc(S(=O)(=O)C(F)(F)F)cc1)N1CCc2sccc2C1. The molecule has 0 unspecified atom stereocenters. The Morgan fingerprint density at radius 2 is 1.79 bits per heavy atom. The highest BCUT2D eigenvalue weighted by atomic mass is 32.2. The van der Waals surface area contributed by atoms with Gasteiger partial charge in [-0.3, -0.25) is 4.79 Å². The molecule has 2 heterocycles. The Hall–Kier alpha value is -1.87. The van der Waals surface area contributed by atoms with Crippen LogP contribution in [0.5, 0.6) is 0 Å². The van der Waals surface area contributed by atoms with Crippen molar-refractivity contribution in [3.05, 3.63) is 51.7 Å². The van der Waals surface area contributed by atoms with E-state index >= 15 is 0 Å². The molecule has 1 aliphatic heterocycles. The molecular weight excluding hydrogens is 363 g/mol. The van der Waals surface area contributed by atoms with Gasteiger partial charge in [0, 0.05) is 23.5 Å². The molecule has 1 amide bonds. The number of benzene rings is 1. The normalized spacial score (nSPS) is 15.2. The highest BCUT2D eigenvalue weighted by Crippen LogP contribution is 2.30. The Kier molecular flexibility index (Phi) is 4.16. The summed E-state index contributed by atoms with van der Waals surface area (Å²) in [5.41, 5.74) is -4.13. The molecule has 3 rings (SSSR count). The van der Waals surface area contributed by atoms with Gasteiger partial charge in [-0.2, -0.15) is 13.2 Å². The average Bonchev–Trinajstić information content (AvgIpc) is 3.00. The largest absolute Gasteiger partial charge is 0.501 e. The summed E-state index contributed by atoms with van der Waals surface area (Å²) in [5, 5.41) is 1.95. The van der Waals surface area contributed by atoms with Crippen molar-refractivity contribution in [3.8, 4) is 0 Å². The van der Waals surface area contributed by atoms with Crippen molar-refractivity contribution in [2.45, 2.75) is 23.4 Å². The first kappa shape index (κ1) is 17.0. The third-order valence-electron chi connectivity index (χ3n) is 3.81. The number of hydrogen-bond donors (Lipinski definition) is 0. The number of halogens is 3. The Bertz CT molecular complexity index is 870. The van der Waals surface area contributed by atoms with Crippen molar-refractivity contribution in [2.75, 3.05) is 6.54 Å². The quantitative estimate of drug-likeness (QED) is 0.810. The van der Waals surface area contributed by atoms with Crippen LogP contribution in [0.3, 0.4) is 0 Å². The minimum Gasteiger partial charge on any atom is -0.334 e. The number of amides is 1. The minimum atomic E-state index is -5.40. The first-order chi connectivity index (χ1) is 11.2. The molecule has 1 aliphatic rings. The van der Waals surface area contributed by atoms with Crippen LogP contribution in [-0.2, 0) is 22.8 Å². The number of carbonyl (C=O) groups is 1. The fraction of sp³-hybridized carbons (Fsp3) is 0.267. The summed E-state index contributed by atoms with van der Waals surface area (Å²) in [6, 6.07) is 5.80. The van der Waals surface area contributed by atoms with E-state index in [1.54, 1.807) is 16.2 Å². The van der Waals surface area contributed by atoms with Crippen molar-refractivity contribution in [3.63, 3.8) is 0 Å². The summed E-state index contributed by atoms with van der Waals surface area (Å²) in [5.74, 6) is -0.331. The van der Waals surface area contributed by atoms with Crippen LogP contribution in [0.1, 0.15) is 20.8 Å². The molecule has 0 aliphatic carbocycles. The van der Waals surface area contributed by atoms with E-state index < -0.39 is 20.2 Å². The average molecular weight is 375 g/mol. The van der Waals surface area contributed by atoms with Gasteiger partial charge in [-0.25, -0.2) is 8.42 Å². The summed E-state index contributed by atoms with van der Waals surface area (Å²) < 4.78 is 60.2. The number of thiophene rings is 1. The van der Waals surface area contributed by atoms with Crippen LogP contribution in [0.2, 0.25) is 0 Å². The summed E-state index contributed by atoms with van der Waals surface area (Å²) in [6.07, 6.45) is 0.735. The van der Waals surface area contributed by atoms with E-state index in [1.807, 2.05) is 11.4 Å². The molecule has 2 aromatic rings. The fourth-order valence-corrected chi connectivity index (χ4v) is 4.17. The Morgan fingerprint density at radius 1 is 1.12 bits per heavy atom. The highest BCUT2D eigenvalue weighted by Gasteiger charge is 2.46. The van der Waals surface area contributed by atoms with Crippen molar-refractivity contribution >= 4 is 27.1 Å². The first-order valence-electron chi connectivity index (χ1n) is 6.96. The van der Waals surface area contributed by atoms with Crippen LogP contribution in [0.15, 0.2) is 40.6 Å². The standard InChI is InChI=1S/C15H12F3NO3S2/c16-15(17,18)24(21,22)12-3-1-10(2-4-12)14(20)19-7-5-13-11(9-19)6-8-23-13/h1-4,6,8H,5,7,9H2. The third-order valence-corrected chi connectivity index (χ3v) is 6.34. The van der Waals surface area contributed by atoms with Crippen molar-refractivity contribution in [1.29, 1.82) is 0 Å². The molecule has 1 aromatic heterocycles. The molecule has 0 atom stereocenters. The molecule has 0 N–H and O–H groups in total. The van der Waals surface area contributed by atoms with E-state index in [1.165, 1.54) is 4.88 Å². The number of fused-ring (bicyclic) bond motifs is 1. The molecule has 0 saturated heterocycles. The summed E-state index contributed by atoms with van der Waals surface area (Å²) in [6.45, 7) is 0.967. The van der Waals surface area contributed by atoms with Crippen LogP contribution in [0.25, 0.3) is 0 Å². The lowest BCUT2D eigenvalue weighted by Gasteiger charge is -2.27. The number of carbonyl (C=O) groups excluding carboxylic acids is 1. The van der Waals surface area contributed by atoms with Gasteiger partial charge in [0.1, 0.15) is 0 Å². The molecule has 9 heteroatoms. The number of rotatable bonds is 2. The zero-order valence-electron chi connectivity index (χ0n) is 12.2. The summed E-state index contributed by atoms with van der Waals surface area (Å²) >= 11 is 1.63. The summed E-state index contributed by atoms with van der Waals surface area (Å²) in [7, 11) is -5.40. The first-order valence-corrected chi connectivity index (χ1v) is 9.32. The minimum absolute atomic E-state index is 0.162. The predicted molar refractivity (Wildman–Crippen MR) is 82.4 cm³/mol. The van der Waals surface area contributed by atoms with Crippen molar-refractivity contribution < 1.29 is 26.4 Å². The predicted octanol–water partition coefficient (Wildman–Crippen LogP) is 3.24. The molecule has 0 saturated carbocycles. The third kappa shape index (κ3) is 2.93. The van der Waals surface area contributed by atoms with Crippen LogP contribution in [0.4, 0.5) is 13.2 Å². The van der Waals surface area contributed by atoms with Crippen molar-refractivity contribution in [2.24, 2.45) is 0 Å². The molecule has 0 bridgehead atoms. The number of alkyl halides is 3. The van der Waals surface area contributed by atoms with Gasteiger partial charge in [0.2, 0.25) is 0 Å². The second-order valence-corrected chi connectivity index (χ2v) is 8.26. The molecule has 0 fully saturated rings. The van der Waals surface area contributed by atoms with Crippen molar-refractivity contribution in [1.82, 2.24) is 4.90 Å². The van der Waals surface area contributed by atoms with E-state index in [0.717, 1.165) is 36.2 Å². The zero-order valence-corrected chi connectivity index (χ0v) is 13.8. The van der Waals surface area contributed by atoms with E-state index in [2.05, 4.69) is 0 Å². The number of sulfone groups is 1. The molecule has 4 nitrogen and oxygen atoms in total. The van der Waals surface area contributed by atoms with Crippen LogP contribution >= 0.6 is 11.3 Å². The molecule has 0 spiro atoms. The second-order valence-electron chi connectivity index (χ2n) is 5.32. The Balaban J connectivity index is 1.81. The van der Waals surface area contributed by atoms with Gasteiger partial charge < -0.3 is 4.90 Å².